The van der Waals surface area contributed by atoms with Crippen molar-refractivity contribution in [2.75, 3.05) is 6.54 Å². The Balaban J connectivity index is 2.43. The number of benzene rings is 1. The topological polar surface area (TPSA) is 34.0 Å². The summed E-state index contributed by atoms with van der Waals surface area (Å²) in [5.74, 6) is 0.116. The molecular weight excluding hydrogens is 176 g/mol. The van der Waals surface area contributed by atoms with E-state index in [1.807, 2.05) is 24.4 Å². The number of rotatable bonds is 0. The Hall–Kier alpha value is -1.61. The van der Waals surface area contributed by atoms with Crippen molar-refractivity contribution in [3.63, 3.8) is 0 Å². The van der Waals surface area contributed by atoms with Crippen LogP contribution in [-0.4, -0.2) is 17.0 Å². The maximum absolute atomic E-state index is 11.7. The molecule has 0 unspecified atom stereocenters. The van der Waals surface area contributed by atoms with Gasteiger partial charge in [-0.25, -0.2) is 0 Å². The lowest BCUT2D eigenvalue weighted by Gasteiger charge is -2.01. The van der Waals surface area contributed by atoms with Crippen molar-refractivity contribution < 1.29 is 4.79 Å². The second-order valence-corrected chi connectivity index (χ2v) is 3.54. The van der Waals surface area contributed by atoms with Crippen LogP contribution in [-0.2, 0) is 6.54 Å². The number of nitrogens with one attached hydrogen (secondary N) is 1. The van der Waals surface area contributed by atoms with Crippen molar-refractivity contribution in [2.45, 2.75) is 6.54 Å². The third-order valence-electron chi connectivity index (χ3n) is 2.66. The maximum atomic E-state index is 11.7. The van der Waals surface area contributed by atoms with Crippen molar-refractivity contribution in [3.05, 3.63) is 36.0 Å². The lowest BCUT2D eigenvalue weighted by molar-refractivity contribution is 0.0920. The fraction of sp³-hybridized carbons (Fsp3) is 0.182. The highest BCUT2D eigenvalue weighted by Gasteiger charge is 2.15. The lowest BCUT2D eigenvalue weighted by Crippen LogP contribution is -2.23. The molecule has 2 aromatic rings. The quantitative estimate of drug-likeness (QED) is 0.674. The molecule has 0 aliphatic carbocycles. The molecule has 3 rings (SSSR count). The molecule has 14 heavy (non-hydrogen) atoms. The van der Waals surface area contributed by atoms with Crippen molar-refractivity contribution in [3.8, 4) is 0 Å². The fourth-order valence-corrected chi connectivity index (χ4v) is 2.01. The highest BCUT2D eigenvalue weighted by atomic mass is 16.2. The van der Waals surface area contributed by atoms with Crippen LogP contribution in [0, 0.1) is 0 Å². The minimum absolute atomic E-state index is 0.116. The van der Waals surface area contributed by atoms with Crippen LogP contribution in [0.2, 0.25) is 0 Å². The second kappa shape index (κ2) is 2.69. The summed E-state index contributed by atoms with van der Waals surface area (Å²) in [6.07, 6.45) is 1.85. The van der Waals surface area contributed by atoms with Crippen LogP contribution in [0.3, 0.4) is 0 Å². The first-order chi connectivity index (χ1) is 6.86. The predicted octanol–water partition coefficient (Wildman–Crippen LogP) is 1.38. The van der Waals surface area contributed by atoms with Crippen molar-refractivity contribution in [1.82, 2.24) is 9.88 Å². The van der Waals surface area contributed by atoms with Gasteiger partial charge in [-0.05, 0) is 11.6 Å². The normalized spacial score (nSPS) is 15.9. The van der Waals surface area contributed by atoms with E-state index in [-0.39, 0.29) is 5.91 Å². The van der Waals surface area contributed by atoms with Gasteiger partial charge < -0.3 is 5.32 Å². The van der Waals surface area contributed by atoms with Gasteiger partial charge in [0.2, 0.25) is 5.91 Å². The molecule has 1 aromatic heterocycles. The van der Waals surface area contributed by atoms with Gasteiger partial charge in [0.15, 0.2) is 0 Å². The Morgan fingerprint density at radius 1 is 1.21 bits per heavy atom. The standard InChI is InChI=1S/C11H10N2O/c14-10-7-12-6-9-3-1-2-8-4-5-13(10)11(8)9/h1-5,12H,6-7H2. The smallest absolute Gasteiger partial charge is 0.245 e. The van der Waals surface area contributed by atoms with Crippen LogP contribution in [0.5, 0.6) is 0 Å². The minimum atomic E-state index is 0.116. The molecule has 0 saturated heterocycles. The Morgan fingerprint density at radius 2 is 2.14 bits per heavy atom. The first-order valence-electron chi connectivity index (χ1n) is 4.69. The minimum Gasteiger partial charge on any atom is -0.304 e. The molecule has 0 fully saturated rings. The van der Waals surface area contributed by atoms with Crippen molar-refractivity contribution in [2.24, 2.45) is 0 Å². The van der Waals surface area contributed by atoms with Crippen LogP contribution >= 0.6 is 0 Å². The Morgan fingerprint density at radius 3 is 3.07 bits per heavy atom. The Bertz CT molecular complexity index is 513. The molecule has 0 spiro atoms. The van der Waals surface area contributed by atoms with Gasteiger partial charge in [-0.3, -0.25) is 9.36 Å². The zero-order valence-corrected chi connectivity index (χ0v) is 7.66. The number of carbonyl (C=O) groups excluding carboxylic acids is 1. The molecule has 0 amide bonds. The first kappa shape index (κ1) is 7.76. The largest absolute Gasteiger partial charge is 0.304 e. The molecule has 0 atom stereocenters. The monoisotopic (exact) mass is 186 g/mol. The highest BCUT2D eigenvalue weighted by molar-refractivity contribution is 5.95. The van der Waals surface area contributed by atoms with E-state index in [4.69, 9.17) is 0 Å². The molecule has 1 aromatic carbocycles. The van der Waals surface area contributed by atoms with Crippen LogP contribution in [0.4, 0.5) is 0 Å². The third-order valence-corrected chi connectivity index (χ3v) is 2.66. The number of hydrogen-bond acceptors (Lipinski definition) is 2. The van der Waals surface area contributed by atoms with E-state index >= 15 is 0 Å². The van der Waals surface area contributed by atoms with E-state index in [1.165, 1.54) is 5.56 Å². The van der Waals surface area contributed by atoms with Gasteiger partial charge in [-0.15, -0.1) is 0 Å². The Labute approximate surface area is 81.3 Å². The van der Waals surface area contributed by atoms with E-state index in [0.717, 1.165) is 17.4 Å². The number of nitrogens with zero attached hydrogens (tertiary/aromatic N) is 1. The lowest BCUT2D eigenvalue weighted by atomic mass is 10.1. The molecule has 3 nitrogen and oxygen atoms in total. The molecule has 2 heterocycles. The summed E-state index contributed by atoms with van der Waals surface area (Å²) in [6, 6.07) is 8.11. The summed E-state index contributed by atoms with van der Waals surface area (Å²) < 4.78 is 1.74. The van der Waals surface area contributed by atoms with E-state index in [1.54, 1.807) is 4.57 Å². The van der Waals surface area contributed by atoms with Crippen molar-refractivity contribution in [1.29, 1.82) is 0 Å². The second-order valence-electron chi connectivity index (χ2n) is 3.54. The van der Waals surface area contributed by atoms with Gasteiger partial charge in [0.25, 0.3) is 0 Å². The predicted molar refractivity (Wildman–Crippen MR) is 54.3 cm³/mol. The van der Waals surface area contributed by atoms with E-state index < -0.39 is 0 Å². The van der Waals surface area contributed by atoms with E-state index in [0.29, 0.717) is 6.54 Å². The van der Waals surface area contributed by atoms with Gasteiger partial charge in [-0.2, -0.15) is 0 Å². The zero-order valence-electron chi connectivity index (χ0n) is 7.66. The van der Waals surface area contributed by atoms with Gasteiger partial charge >= 0.3 is 0 Å². The molecule has 1 N–H and O–H groups in total. The van der Waals surface area contributed by atoms with Gasteiger partial charge in [0.1, 0.15) is 0 Å². The van der Waals surface area contributed by atoms with Crippen LogP contribution in [0.1, 0.15) is 10.4 Å². The molecule has 70 valence electrons. The summed E-state index contributed by atoms with van der Waals surface area (Å²) >= 11 is 0. The van der Waals surface area contributed by atoms with E-state index in [9.17, 15) is 4.79 Å². The average molecular weight is 186 g/mol. The molecule has 0 saturated carbocycles. The molecule has 0 radical (unpaired) electrons. The highest BCUT2D eigenvalue weighted by Crippen LogP contribution is 2.21. The number of carbonyl (C=O) groups is 1. The number of para-hydroxylation sites is 1. The van der Waals surface area contributed by atoms with Crippen molar-refractivity contribution >= 4 is 16.8 Å². The summed E-state index contributed by atoms with van der Waals surface area (Å²) in [4.78, 5) is 11.7. The zero-order chi connectivity index (χ0) is 9.54. The summed E-state index contributed by atoms with van der Waals surface area (Å²) in [6.45, 7) is 1.19. The van der Waals surface area contributed by atoms with Crippen LogP contribution in [0.25, 0.3) is 10.9 Å². The van der Waals surface area contributed by atoms with Gasteiger partial charge in [0, 0.05) is 18.1 Å². The SMILES string of the molecule is O=C1CNCc2cccc3ccn1c23. The van der Waals surface area contributed by atoms with Crippen LogP contribution in [0.15, 0.2) is 30.5 Å². The summed E-state index contributed by atoms with van der Waals surface area (Å²) in [7, 11) is 0. The molecule has 1 aliphatic rings. The number of aromatic nitrogens is 1. The maximum Gasteiger partial charge on any atom is 0.245 e. The summed E-state index contributed by atoms with van der Waals surface area (Å²) in [5.41, 5.74) is 2.25. The molecule has 0 bridgehead atoms. The fourth-order valence-electron chi connectivity index (χ4n) is 2.01. The average Bonchev–Trinajstić information content (AvgIpc) is 2.54. The molecule has 3 heteroatoms. The molecule has 1 aliphatic heterocycles. The summed E-state index contributed by atoms with van der Waals surface area (Å²) in [5, 5.41) is 4.26. The first-order valence-corrected chi connectivity index (χ1v) is 4.69. The molecular formula is C11H10N2O. The van der Waals surface area contributed by atoms with E-state index in [2.05, 4.69) is 11.4 Å². The Kier molecular flexibility index (Phi) is 1.49. The third kappa shape index (κ3) is 0.930. The van der Waals surface area contributed by atoms with Crippen LogP contribution < -0.4 is 5.32 Å². The van der Waals surface area contributed by atoms with Gasteiger partial charge in [0.05, 0.1) is 12.1 Å². The number of hydrogen-bond donors (Lipinski definition) is 1. The van der Waals surface area contributed by atoms with Gasteiger partial charge in [-0.1, -0.05) is 18.2 Å².